The van der Waals surface area contributed by atoms with Crippen LogP contribution in [0.3, 0.4) is 0 Å². The Morgan fingerprint density at radius 2 is 1.96 bits per heavy atom. The number of carbonyl (C=O) groups is 1. The third kappa shape index (κ3) is 3.42. The number of furan rings is 1. The van der Waals surface area contributed by atoms with Crippen LogP contribution in [-0.2, 0) is 0 Å². The van der Waals surface area contributed by atoms with Gasteiger partial charge in [0.1, 0.15) is 11.3 Å². The molecule has 2 aromatic heterocycles. The van der Waals surface area contributed by atoms with E-state index in [0.717, 1.165) is 32.7 Å². The fraction of sp³-hybridized carbons (Fsp3) is 0.0455. The number of fused-ring (bicyclic) bond motifs is 1. The number of aryl methyl sites for hydroxylation is 1. The second-order valence-electron chi connectivity index (χ2n) is 6.25. The molecule has 0 spiro atoms. The molecule has 0 fully saturated rings. The summed E-state index contributed by atoms with van der Waals surface area (Å²) in [4.78, 5) is 12.9. The maximum atomic E-state index is 12.9. The molecule has 2 heterocycles. The molecule has 0 unspecified atom stereocenters. The predicted octanol–water partition coefficient (Wildman–Crippen LogP) is 5.98. The van der Waals surface area contributed by atoms with E-state index >= 15 is 0 Å². The van der Waals surface area contributed by atoms with Crippen LogP contribution < -0.4 is 5.32 Å². The van der Waals surface area contributed by atoms with Crippen LogP contribution in [0.2, 0.25) is 5.02 Å². The summed E-state index contributed by atoms with van der Waals surface area (Å²) in [5, 5.41) is 14.2. The predicted molar refractivity (Wildman–Crippen MR) is 113 cm³/mol. The number of benzene rings is 2. The van der Waals surface area contributed by atoms with E-state index in [1.165, 1.54) is 0 Å². The summed E-state index contributed by atoms with van der Waals surface area (Å²) in [6, 6.07) is 16.7. The monoisotopic (exact) mass is 409 g/mol. The van der Waals surface area contributed by atoms with E-state index in [1.807, 2.05) is 43.3 Å². The second kappa shape index (κ2) is 7.54. The first-order valence-corrected chi connectivity index (χ1v) is 9.76. The van der Waals surface area contributed by atoms with Gasteiger partial charge in [-0.1, -0.05) is 53.3 Å². The molecule has 4 nitrogen and oxygen atoms in total. The SMILES string of the molecule is Cc1ccoc1C(=CNC(=O)c1c(O)sc2ccc(Cl)cc12)c1ccccc1. The van der Waals surface area contributed by atoms with Gasteiger partial charge >= 0.3 is 0 Å². The fourth-order valence-electron chi connectivity index (χ4n) is 3.03. The molecule has 0 saturated carbocycles. The van der Waals surface area contributed by atoms with Gasteiger partial charge < -0.3 is 14.8 Å². The van der Waals surface area contributed by atoms with E-state index in [-0.39, 0.29) is 10.6 Å². The van der Waals surface area contributed by atoms with Gasteiger partial charge in [-0.05, 0) is 42.3 Å². The molecule has 0 aliphatic carbocycles. The number of amides is 1. The minimum atomic E-state index is -0.413. The lowest BCUT2D eigenvalue weighted by Crippen LogP contribution is -2.17. The van der Waals surface area contributed by atoms with Gasteiger partial charge in [0.2, 0.25) is 0 Å². The average molecular weight is 410 g/mol. The van der Waals surface area contributed by atoms with Crippen LogP contribution in [0, 0.1) is 6.92 Å². The number of nitrogens with one attached hydrogen (secondary N) is 1. The Bertz CT molecular complexity index is 1190. The third-order valence-corrected chi connectivity index (χ3v) is 5.61. The highest BCUT2D eigenvalue weighted by molar-refractivity contribution is 7.21. The molecule has 0 aliphatic heterocycles. The molecule has 0 radical (unpaired) electrons. The van der Waals surface area contributed by atoms with E-state index in [1.54, 1.807) is 30.7 Å². The molecular formula is C22H16ClNO3S. The van der Waals surface area contributed by atoms with Gasteiger partial charge in [0, 0.05) is 26.9 Å². The summed E-state index contributed by atoms with van der Waals surface area (Å²) in [6.45, 7) is 1.94. The number of hydrogen-bond acceptors (Lipinski definition) is 4. The molecule has 0 atom stereocenters. The van der Waals surface area contributed by atoms with Crippen molar-refractivity contribution in [2.45, 2.75) is 6.92 Å². The van der Waals surface area contributed by atoms with E-state index in [2.05, 4.69) is 5.32 Å². The van der Waals surface area contributed by atoms with Crippen molar-refractivity contribution in [1.82, 2.24) is 5.32 Å². The molecule has 0 saturated heterocycles. The van der Waals surface area contributed by atoms with Crippen LogP contribution in [0.1, 0.15) is 27.2 Å². The lowest BCUT2D eigenvalue weighted by Gasteiger charge is -2.08. The summed E-state index contributed by atoms with van der Waals surface area (Å²) >= 11 is 7.21. The Morgan fingerprint density at radius 1 is 1.18 bits per heavy atom. The summed E-state index contributed by atoms with van der Waals surface area (Å²) in [6.07, 6.45) is 3.22. The van der Waals surface area contributed by atoms with Crippen molar-refractivity contribution < 1.29 is 14.3 Å². The number of carbonyl (C=O) groups excluding carboxylic acids is 1. The Balaban J connectivity index is 1.74. The largest absolute Gasteiger partial charge is 0.499 e. The first-order valence-electron chi connectivity index (χ1n) is 8.56. The van der Waals surface area contributed by atoms with Crippen LogP contribution in [0.15, 0.2) is 71.5 Å². The topological polar surface area (TPSA) is 62.5 Å². The molecule has 2 N–H and O–H groups in total. The van der Waals surface area contributed by atoms with Gasteiger partial charge in [0.25, 0.3) is 5.91 Å². The van der Waals surface area contributed by atoms with Crippen molar-refractivity contribution in [2.24, 2.45) is 0 Å². The van der Waals surface area contributed by atoms with Crippen LogP contribution in [0.25, 0.3) is 15.7 Å². The van der Waals surface area contributed by atoms with E-state index in [9.17, 15) is 9.90 Å². The summed E-state index contributed by atoms with van der Waals surface area (Å²) in [5.74, 6) is 0.262. The second-order valence-corrected chi connectivity index (χ2v) is 7.72. The number of halogens is 1. The minimum absolute atomic E-state index is 0.0430. The number of rotatable bonds is 4. The average Bonchev–Trinajstić information content (AvgIpc) is 3.25. The normalized spacial score (nSPS) is 11.7. The van der Waals surface area contributed by atoms with Crippen molar-refractivity contribution >= 4 is 44.5 Å². The summed E-state index contributed by atoms with van der Waals surface area (Å²) in [7, 11) is 0. The van der Waals surface area contributed by atoms with Gasteiger partial charge in [-0.2, -0.15) is 0 Å². The van der Waals surface area contributed by atoms with Crippen molar-refractivity contribution in [3.8, 4) is 5.06 Å². The molecular weight excluding hydrogens is 394 g/mol. The first kappa shape index (κ1) is 18.3. The van der Waals surface area contributed by atoms with Gasteiger partial charge in [-0.15, -0.1) is 0 Å². The zero-order chi connectivity index (χ0) is 19.7. The van der Waals surface area contributed by atoms with Crippen LogP contribution >= 0.6 is 22.9 Å². The van der Waals surface area contributed by atoms with Gasteiger partial charge in [-0.3, -0.25) is 4.79 Å². The third-order valence-electron chi connectivity index (χ3n) is 4.40. The maximum Gasteiger partial charge on any atom is 0.260 e. The summed E-state index contributed by atoms with van der Waals surface area (Å²) < 4.78 is 6.42. The lowest BCUT2D eigenvalue weighted by molar-refractivity contribution is 0.0970. The van der Waals surface area contributed by atoms with Gasteiger partial charge in [0.05, 0.1) is 6.26 Å². The molecule has 28 heavy (non-hydrogen) atoms. The molecule has 0 bridgehead atoms. The Hall–Kier alpha value is -3.02. The highest BCUT2D eigenvalue weighted by atomic mass is 35.5. The number of aromatic hydroxyl groups is 1. The fourth-order valence-corrected chi connectivity index (χ4v) is 4.12. The molecule has 0 aliphatic rings. The molecule has 6 heteroatoms. The van der Waals surface area contributed by atoms with Crippen molar-refractivity contribution in [3.05, 3.63) is 94.5 Å². The number of thiophene rings is 1. The molecule has 1 amide bonds. The van der Waals surface area contributed by atoms with E-state index in [4.69, 9.17) is 16.0 Å². The zero-order valence-corrected chi connectivity index (χ0v) is 16.5. The molecule has 4 rings (SSSR count). The van der Waals surface area contributed by atoms with Crippen LogP contribution in [0.5, 0.6) is 5.06 Å². The Labute approximate surface area is 170 Å². The van der Waals surface area contributed by atoms with Crippen LogP contribution in [0.4, 0.5) is 0 Å². The van der Waals surface area contributed by atoms with E-state index < -0.39 is 5.91 Å². The van der Waals surface area contributed by atoms with Gasteiger partial charge in [0.15, 0.2) is 5.06 Å². The number of hydrogen-bond donors (Lipinski definition) is 2. The van der Waals surface area contributed by atoms with E-state index in [0.29, 0.717) is 16.2 Å². The van der Waals surface area contributed by atoms with Crippen molar-refractivity contribution in [2.75, 3.05) is 0 Å². The zero-order valence-electron chi connectivity index (χ0n) is 14.9. The highest BCUT2D eigenvalue weighted by Gasteiger charge is 2.19. The minimum Gasteiger partial charge on any atom is -0.499 e. The molecule has 4 aromatic rings. The maximum absolute atomic E-state index is 12.9. The molecule has 140 valence electrons. The summed E-state index contributed by atoms with van der Waals surface area (Å²) in [5.41, 5.74) is 2.82. The molecule has 2 aromatic carbocycles. The highest BCUT2D eigenvalue weighted by Crippen LogP contribution is 2.38. The quantitative estimate of drug-likeness (QED) is 0.435. The lowest BCUT2D eigenvalue weighted by atomic mass is 10.0. The van der Waals surface area contributed by atoms with Gasteiger partial charge in [-0.25, -0.2) is 0 Å². The Morgan fingerprint density at radius 3 is 2.68 bits per heavy atom. The van der Waals surface area contributed by atoms with Crippen molar-refractivity contribution in [3.63, 3.8) is 0 Å². The standard InChI is InChI=1S/C22H16ClNO3S/c1-13-9-10-27-20(13)17(14-5-3-2-4-6-14)12-24-21(25)19-16-11-15(23)7-8-18(16)28-22(19)26/h2-12,26H,1H3,(H,24,25). The van der Waals surface area contributed by atoms with Crippen LogP contribution in [-0.4, -0.2) is 11.0 Å². The first-order chi connectivity index (χ1) is 13.5. The smallest absolute Gasteiger partial charge is 0.260 e. The van der Waals surface area contributed by atoms with Crippen molar-refractivity contribution in [1.29, 1.82) is 0 Å². The Kier molecular flexibility index (Phi) is 4.94.